The number of carbonyl (C=O) groups is 4. The molecule has 0 radical (unpaired) electrons. The first-order valence-corrected chi connectivity index (χ1v) is 11.4. The fourth-order valence-corrected chi connectivity index (χ4v) is 4.05. The van der Waals surface area contributed by atoms with Crippen LogP contribution in [-0.2, 0) is 14.3 Å². The zero-order valence-electron chi connectivity index (χ0n) is 19.3. The number of amides is 2. The molecule has 1 N–H and O–H groups in total. The van der Waals surface area contributed by atoms with Crippen LogP contribution in [0.1, 0.15) is 45.7 Å². The molecular weight excluding hydrogens is 444 g/mol. The van der Waals surface area contributed by atoms with Crippen molar-refractivity contribution in [3.63, 3.8) is 0 Å². The minimum absolute atomic E-state index is 0.0513. The van der Waals surface area contributed by atoms with Crippen molar-refractivity contribution in [2.75, 3.05) is 18.5 Å². The number of Topliss-reactive ketones (excluding diaryl/α,β-unsaturated/α-hetero) is 1. The molecule has 35 heavy (non-hydrogen) atoms. The van der Waals surface area contributed by atoms with Crippen molar-refractivity contribution < 1.29 is 23.9 Å². The quantitative estimate of drug-likeness (QED) is 0.392. The molecule has 2 amide bonds. The van der Waals surface area contributed by atoms with E-state index >= 15 is 0 Å². The average Bonchev–Trinajstić information content (AvgIpc) is 3.29. The molecule has 1 heterocycles. The third kappa shape index (κ3) is 5.81. The molecule has 3 aromatic rings. The normalized spacial score (nSPS) is 16.0. The van der Waals surface area contributed by atoms with Gasteiger partial charge in [0.15, 0.2) is 12.4 Å². The Morgan fingerprint density at radius 3 is 2.20 bits per heavy atom. The Morgan fingerprint density at radius 2 is 1.54 bits per heavy atom. The molecule has 7 heteroatoms. The van der Waals surface area contributed by atoms with E-state index in [1.807, 2.05) is 37.3 Å². The molecule has 0 bridgehead atoms. The number of nitrogens with one attached hydrogen (secondary N) is 1. The van der Waals surface area contributed by atoms with Crippen LogP contribution in [0.25, 0.3) is 0 Å². The fraction of sp³-hybridized carbons (Fsp3) is 0.214. The van der Waals surface area contributed by atoms with E-state index < -0.39 is 11.9 Å². The van der Waals surface area contributed by atoms with Gasteiger partial charge in [-0.2, -0.15) is 0 Å². The van der Waals surface area contributed by atoms with Crippen molar-refractivity contribution in [3.8, 4) is 0 Å². The molecule has 0 aromatic heterocycles. The van der Waals surface area contributed by atoms with Crippen LogP contribution in [0.4, 0.5) is 5.69 Å². The van der Waals surface area contributed by atoms with Crippen molar-refractivity contribution in [2.24, 2.45) is 5.92 Å². The zero-order chi connectivity index (χ0) is 24.8. The molecule has 7 nitrogen and oxygen atoms in total. The van der Waals surface area contributed by atoms with E-state index in [4.69, 9.17) is 4.74 Å². The summed E-state index contributed by atoms with van der Waals surface area (Å²) in [7, 11) is 0. The molecule has 1 aliphatic heterocycles. The van der Waals surface area contributed by atoms with Gasteiger partial charge >= 0.3 is 5.97 Å². The second kappa shape index (κ2) is 10.8. The Bertz CT molecular complexity index is 1210. The lowest BCUT2D eigenvalue weighted by molar-refractivity contribution is -0.129. The maximum Gasteiger partial charge on any atom is 0.338 e. The van der Waals surface area contributed by atoms with E-state index in [-0.39, 0.29) is 42.2 Å². The summed E-state index contributed by atoms with van der Waals surface area (Å²) in [6, 6.07) is 24.4. The molecule has 2 atom stereocenters. The number of hydrogen-bond donors (Lipinski definition) is 1. The first-order chi connectivity index (χ1) is 16.9. The van der Waals surface area contributed by atoms with Crippen LogP contribution in [0.15, 0.2) is 84.9 Å². The molecule has 3 aromatic carbocycles. The summed E-state index contributed by atoms with van der Waals surface area (Å²) in [6.07, 6.45) is 0.156. The van der Waals surface area contributed by atoms with Crippen molar-refractivity contribution in [1.29, 1.82) is 0 Å². The van der Waals surface area contributed by atoms with Crippen molar-refractivity contribution in [3.05, 3.63) is 102 Å². The first-order valence-electron chi connectivity index (χ1n) is 11.4. The molecule has 1 fully saturated rings. The van der Waals surface area contributed by atoms with Crippen LogP contribution in [0.2, 0.25) is 0 Å². The number of likely N-dealkylation sites (tertiary alicyclic amines) is 1. The van der Waals surface area contributed by atoms with Gasteiger partial charge in [0.1, 0.15) is 0 Å². The number of rotatable bonds is 8. The topological polar surface area (TPSA) is 92.8 Å². The van der Waals surface area contributed by atoms with Gasteiger partial charge in [0, 0.05) is 24.2 Å². The molecule has 1 aliphatic rings. The summed E-state index contributed by atoms with van der Waals surface area (Å²) < 4.78 is 5.11. The second-order valence-electron chi connectivity index (χ2n) is 8.47. The highest BCUT2D eigenvalue weighted by molar-refractivity contribution is 6.00. The molecule has 1 saturated heterocycles. The Kier molecular flexibility index (Phi) is 7.35. The molecule has 0 spiro atoms. The van der Waals surface area contributed by atoms with Gasteiger partial charge in [-0.3, -0.25) is 14.4 Å². The minimum atomic E-state index is -0.626. The summed E-state index contributed by atoms with van der Waals surface area (Å²) in [4.78, 5) is 51.4. The van der Waals surface area contributed by atoms with Gasteiger partial charge in [0.05, 0.1) is 17.5 Å². The standard InChI is InChI=1S/C28H26N2O5/c1-19(20-8-4-2-5-9-20)30-17-23(16-26(30)32)27(33)29-24-14-12-22(13-15-24)28(34)35-18-25(31)21-10-6-3-7-11-21/h2-15,19,23H,16-18H2,1H3,(H,29,33)/t19-,23-/m0/s1. The third-order valence-corrected chi connectivity index (χ3v) is 6.10. The van der Waals surface area contributed by atoms with E-state index in [0.717, 1.165) is 5.56 Å². The lowest BCUT2D eigenvalue weighted by atomic mass is 10.1. The minimum Gasteiger partial charge on any atom is -0.454 e. The number of carbonyl (C=O) groups excluding carboxylic acids is 4. The largest absolute Gasteiger partial charge is 0.454 e. The van der Waals surface area contributed by atoms with Crippen LogP contribution in [0.3, 0.4) is 0 Å². The monoisotopic (exact) mass is 470 g/mol. The van der Waals surface area contributed by atoms with Crippen LogP contribution in [-0.4, -0.2) is 41.6 Å². The van der Waals surface area contributed by atoms with Gasteiger partial charge in [-0.25, -0.2) is 4.79 Å². The van der Waals surface area contributed by atoms with E-state index in [1.165, 1.54) is 12.1 Å². The molecular formula is C28H26N2O5. The van der Waals surface area contributed by atoms with Crippen LogP contribution in [0, 0.1) is 5.92 Å². The van der Waals surface area contributed by atoms with Gasteiger partial charge in [0.25, 0.3) is 0 Å². The second-order valence-corrected chi connectivity index (χ2v) is 8.47. The van der Waals surface area contributed by atoms with Gasteiger partial charge in [-0.1, -0.05) is 60.7 Å². The number of nitrogens with zero attached hydrogens (tertiary/aromatic N) is 1. The van der Waals surface area contributed by atoms with Crippen molar-refractivity contribution in [1.82, 2.24) is 4.90 Å². The number of benzene rings is 3. The highest BCUT2D eigenvalue weighted by atomic mass is 16.5. The summed E-state index contributed by atoms with van der Waals surface area (Å²) in [5.74, 6) is -1.67. The van der Waals surface area contributed by atoms with Gasteiger partial charge in [0.2, 0.25) is 11.8 Å². The number of ether oxygens (including phenoxy) is 1. The lowest BCUT2D eigenvalue weighted by Crippen LogP contribution is -2.30. The maximum absolute atomic E-state index is 12.8. The Hall–Kier alpha value is -4.26. The summed E-state index contributed by atoms with van der Waals surface area (Å²) >= 11 is 0. The smallest absolute Gasteiger partial charge is 0.338 e. The number of anilines is 1. The maximum atomic E-state index is 12.8. The molecule has 0 aliphatic carbocycles. The number of ketones is 1. The predicted octanol–water partition coefficient (Wildman–Crippen LogP) is 4.27. The molecule has 0 unspecified atom stereocenters. The van der Waals surface area contributed by atoms with Crippen molar-refractivity contribution in [2.45, 2.75) is 19.4 Å². The lowest BCUT2D eigenvalue weighted by Gasteiger charge is -2.25. The molecule has 4 rings (SSSR count). The van der Waals surface area contributed by atoms with Gasteiger partial charge < -0.3 is 15.0 Å². The van der Waals surface area contributed by atoms with E-state index in [0.29, 0.717) is 17.8 Å². The van der Waals surface area contributed by atoms with E-state index in [1.54, 1.807) is 47.4 Å². The predicted molar refractivity (Wildman–Crippen MR) is 131 cm³/mol. The molecule has 178 valence electrons. The Balaban J connectivity index is 1.29. The summed E-state index contributed by atoms with van der Waals surface area (Å²) in [5, 5.41) is 2.82. The highest BCUT2D eigenvalue weighted by Crippen LogP contribution is 2.29. The average molecular weight is 471 g/mol. The zero-order valence-corrected chi connectivity index (χ0v) is 19.3. The number of esters is 1. The van der Waals surface area contributed by atoms with Gasteiger partial charge in [-0.15, -0.1) is 0 Å². The highest BCUT2D eigenvalue weighted by Gasteiger charge is 2.37. The Morgan fingerprint density at radius 1 is 0.914 bits per heavy atom. The SMILES string of the molecule is C[C@@H](c1ccccc1)N1C[C@@H](C(=O)Nc2ccc(C(=O)OCC(=O)c3ccccc3)cc2)CC1=O. The Labute approximate surface area is 203 Å². The molecule has 0 saturated carbocycles. The van der Waals surface area contributed by atoms with Gasteiger partial charge in [-0.05, 0) is 36.8 Å². The first kappa shape index (κ1) is 23.9. The summed E-state index contributed by atoms with van der Waals surface area (Å²) in [6.45, 7) is 1.95. The third-order valence-electron chi connectivity index (χ3n) is 6.10. The van der Waals surface area contributed by atoms with Crippen LogP contribution < -0.4 is 5.32 Å². The van der Waals surface area contributed by atoms with Crippen molar-refractivity contribution >= 4 is 29.3 Å². The summed E-state index contributed by atoms with van der Waals surface area (Å²) in [5.41, 5.74) is 2.27. The van der Waals surface area contributed by atoms with Crippen LogP contribution >= 0.6 is 0 Å². The van der Waals surface area contributed by atoms with Crippen LogP contribution in [0.5, 0.6) is 0 Å². The fourth-order valence-electron chi connectivity index (χ4n) is 4.05. The number of hydrogen-bond acceptors (Lipinski definition) is 5. The van der Waals surface area contributed by atoms with E-state index in [2.05, 4.69) is 5.32 Å². The van der Waals surface area contributed by atoms with E-state index in [9.17, 15) is 19.2 Å².